The van der Waals surface area contributed by atoms with E-state index in [-0.39, 0.29) is 37.0 Å². The van der Waals surface area contributed by atoms with Gasteiger partial charge in [-0.1, -0.05) is 39.0 Å². The van der Waals surface area contributed by atoms with Crippen molar-refractivity contribution in [3.8, 4) is 5.75 Å². The Labute approximate surface area is 170 Å². The summed E-state index contributed by atoms with van der Waals surface area (Å²) in [6, 6.07) is 6.51. The highest BCUT2D eigenvalue weighted by atomic mass is 16.6. The lowest BCUT2D eigenvalue weighted by Crippen LogP contribution is -2.51. The second-order valence-electron chi connectivity index (χ2n) is 6.81. The van der Waals surface area contributed by atoms with Crippen LogP contribution in [0.2, 0.25) is 0 Å². The first-order valence-corrected chi connectivity index (χ1v) is 9.72. The highest BCUT2D eigenvalue weighted by molar-refractivity contribution is 5.94. The molecule has 8 nitrogen and oxygen atoms in total. The van der Waals surface area contributed by atoms with Crippen molar-refractivity contribution in [1.82, 2.24) is 10.6 Å². The smallest absolute Gasteiger partial charge is 0.344 e. The molecule has 158 valence electrons. The van der Waals surface area contributed by atoms with Crippen LogP contribution in [0.3, 0.4) is 0 Å². The molecule has 1 aliphatic heterocycles. The van der Waals surface area contributed by atoms with Crippen molar-refractivity contribution in [2.24, 2.45) is 0 Å². The van der Waals surface area contributed by atoms with Crippen molar-refractivity contribution in [3.05, 3.63) is 41.1 Å². The van der Waals surface area contributed by atoms with Gasteiger partial charge in [0.1, 0.15) is 12.4 Å². The molecule has 2 amide bonds. The number of carbonyl (C=O) groups excluding carboxylic acids is 3. The monoisotopic (exact) mass is 404 g/mol. The molecule has 0 saturated heterocycles. The quantitative estimate of drug-likeness (QED) is 0.614. The van der Waals surface area contributed by atoms with Gasteiger partial charge in [0, 0.05) is 0 Å². The summed E-state index contributed by atoms with van der Waals surface area (Å²) in [7, 11) is 0. The number of rotatable bonds is 9. The zero-order valence-electron chi connectivity index (χ0n) is 17.2. The molecule has 1 aromatic rings. The number of benzene rings is 1. The summed E-state index contributed by atoms with van der Waals surface area (Å²) in [5.74, 6) is -0.303. The standard InChI is InChI=1S/C21H28N2O6/c1-5-15-19(20(25)27-6-2)16(23-21(26)22-15)11-29-18(24)12-28-17-10-8-7-9-14(17)13(3)4/h7-10,13,15H,5-6,11-12H2,1-4H3,(H2,22,23,26)/t15-/m1/s1. The zero-order valence-corrected chi connectivity index (χ0v) is 17.2. The lowest BCUT2D eigenvalue weighted by molar-refractivity contribution is -0.145. The van der Waals surface area contributed by atoms with Gasteiger partial charge in [-0.25, -0.2) is 14.4 Å². The van der Waals surface area contributed by atoms with Gasteiger partial charge in [-0.15, -0.1) is 0 Å². The minimum atomic E-state index is -0.611. The van der Waals surface area contributed by atoms with Crippen LogP contribution in [0.4, 0.5) is 4.79 Å². The Morgan fingerprint density at radius 3 is 2.52 bits per heavy atom. The maximum atomic E-state index is 12.3. The van der Waals surface area contributed by atoms with Crippen LogP contribution in [0, 0.1) is 0 Å². The number of ether oxygens (including phenoxy) is 3. The van der Waals surface area contributed by atoms with Gasteiger partial charge in [0.05, 0.1) is 23.9 Å². The van der Waals surface area contributed by atoms with Gasteiger partial charge in [-0.05, 0) is 30.9 Å². The third-order valence-electron chi connectivity index (χ3n) is 4.41. The topological polar surface area (TPSA) is 103 Å². The van der Waals surface area contributed by atoms with Crippen molar-refractivity contribution in [2.75, 3.05) is 19.8 Å². The molecule has 2 N–H and O–H groups in total. The van der Waals surface area contributed by atoms with Crippen LogP contribution in [-0.2, 0) is 19.1 Å². The molecular weight excluding hydrogens is 376 g/mol. The molecule has 0 saturated carbocycles. The summed E-state index contributed by atoms with van der Waals surface area (Å²) < 4.78 is 15.9. The number of urea groups is 1. The van der Waals surface area contributed by atoms with Crippen LogP contribution in [0.25, 0.3) is 0 Å². The Hall–Kier alpha value is -3.03. The molecule has 0 radical (unpaired) electrons. The molecule has 2 rings (SSSR count). The number of hydrogen-bond donors (Lipinski definition) is 2. The first kappa shape index (κ1) is 22.3. The minimum absolute atomic E-state index is 0.197. The van der Waals surface area contributed by atoms with E-state index < -0.39 is 24.0 Å². The zero-order chi connectivity index (χ0) is 21.4. The number of para-hydroxylation sites is 1. The maximum Gasteiger partial charge on any atom is 0.344 e. The van der Waals surface area contributed by atoms with Crippen LogP contribution in [0.5, 0.6) is 5.75 Å². The fourth-order valence-corrected chi connectivity index (χ4v) is 3.00. The molecule has 0 fully saturated rings. The van der Waals surface area contributed by atoms with Crippen molar-refractivity contribution >= 4 is 18.0 Å². The van der Waals surface area contributed by atoms with Gasteiger partial charge >= 0.3 is 18.0 Å². The van der Waals surface area contributed by atoms with Crippen molar-refractivity contribution in [2.45, 2.75) is 46.1 Å². The van der Waals surface area contributed by atoms with E-state index in [9.17, 15) is 14.4 Å². The number of nitrogens with one attached hydrogen (secondary N) is 2. The van der Waals surface area contributed by atoms with Gasteiger partial charge in [-0.3, -0.25) is 0 Å². The van der Waals surface area contributed by atoms with Crippen LogP contribution >= 0.6 is 0 Å². The Bertz CT molecular complexity index is 787. The van der Waals surface area contributed by atoms with Gasteiger partial charge in [-0.2, -0.15) is 0 Å². The van der Waals surface area contributed by atoms with E-state index in [0.717, 1.165) is 5.56 Å². The molecule has 8 heteroatoms. The molecule has 29 heavy (non-hydrogen) atoms. The summed E-state index contributed by atoms with van der Waals surface area (Å²) >= 11 is 0. The molecule has 1 aromatic carbocycles. The van der Waals surface area contributed by atoms with Crippen molar-refractivity contribution in [1.29, 1.82) is 0 Å². The van der Waals surface area contributed by atoms with E-state index in [1.807, 2.05) is 39.0 Å². The predicted octanol–water partition coefficient (Wildman–Crippen LogP) is 2.64. The normalized spacial score (nSPS) is 16.2. The fraction of sp³-hybridized carbons (Fsp3) is 0.476. The summed E-state index contributed by atoms with van der Waals surface area (Å²) in [5, 5.41) is 5.20. The first-order chi connectivity index (χ1) is 13.9. The largest absolute Gasteiger partial charge is 0.482 e. The molecular formula is C21H28N2O6. The van der Waals surface area contributed by atoms with Crippen LogP contribution in [0.1, 0.15) is 45.6 Å². The van der Waals surface area contributed by atoms with Crippen molar-refractivity contribution < 1.29 is 28.6 Å². The van der Waals surface area contributed by atoms with Gasteiger partial charge in [0.25, 0.3) is 0 Å². The lowest BCUT2D eigenvalue weighted by atomic mass is 10.0. The van der Waals surface area contributed by atoms with E-state index in [2.05, 4.69) is 10.6 Å². The van der Waals surface area contributed by atoms with Gasteiger partial charge in [0.2, 0.25) is 0 Å². The first-order valence-electron chi connectivity index (χ1n) is 9.72. The Balaban J connectivity index is 2.04. The van der Waals surface area contributed by atoms with Crippen LogP contribution in [0.15, 0.2) is 35.5 Å². The third-order valence-corrected chi connectivity index (χ3v) is 4.41. The Kier molecular flexibility index (Phi) is 8.06. The Morgan fingerprint density at radius 1 is 1.14 bits per heavy atom. The van der Waals surface area contributed by atoms with E-state index in [1.165, 1.54) is 0 Å². The maximum absolute atomic E-state index is 12.3. The highest BCUT2D eigenvalue weighted by Crippen LogP contribution is 2.25. The average molecular weight is 404 g/mol. The van der Waals surface area contributed by atoms with E-state index >= 15 is 0 Å². The molecule has 1 heterocycles. The third kappa shape index (κ3) is 5.97. The van der Waals surface area contributed by atoms with Gasteiger partial charge in [0.15, 0.2) is 6.61 Å². The molecule has 0 spiro atoms. The summed E-state index contributed by atoms with van der Waals surface area (Å²) in [6.07, 6.45) is 0.494. The molecule has 0 unspecified atom stereocenters. The number of carbonyl (C=O) groups is 3. The molecule has 1 aliphatic rings. The van der Waals surface area contributed by atoms with Crippen LogP contribution < -0.4 is 15.4 Å². The molecule has 0 aliphatic carbocycles. The number of amides is 2. The highest BCUT2D eigenvalue weighted by Gasteiger charge is 2.32. The summed E-state index contributed by atoms with van der Waals surface area (Å²) in [5.41, 5.74) is 1.46. The molecule has 0 bridgehead atoms. The lowest BCUT2D eigenvalue weighted by Gasteiger charge is -2.28. The molecule has 1 atom stereocenters. The summed E-state index contributed by atoms with van der Waals surface area (Å²) in [6.45, 7) is 7.26. The van der Waals surface area contributed by atoms with E-state index in [0.29, 0.717) is 12.2 Å². The van der Waals surface area contributed by atoms with E-state index in [1.54, 1.807) is 13.0 Å². The second-order valence-corrected chi connectivity index (χ2v) is 6.81. The average Bonchev–Trinajstić information content (AvgIpc) is 2.70. The summed E-state index contributed by atoms with van der Waals surface area (Å²) in [4.78, 5) is 36.3. The second kappa shape index (κ2) is 10.5. The van der Waals surface area contributed by atoms with Gasteiger partial charge < -0.3 is 24.8 Å². The predicted molar refractivity (Wildman–Crippen MR) is 106 cm³/mol. The minimum Gasteiger partial charge on any atom is -0.482 e. The SMILES string of the molecule is CCOC(=O)C1=C(COC(=O)COc2ccccc2C(C)C)NC(=O)N[C@@H]1CC. The number of hydrogen-bond acceptors (Lipinski definition) is 6. The fourth-order valence-electron chi connectivity index (χ4n) is 3.00. The van der Waals surface area contributed by atoms with E-state index in [4.69, 9.17) is 14.2 Å². The Morgan fingerprint density at radius 2 is 1.86 bits per heavy atom. The van der Waals surface area contributed by atoms with Crippen LogP contribution in [-0.4, -0.2) is 43.8 Å². The number of esters is 2. The molecule has 0 aromatic heterocycles. The van der Waals surface area contributed by atoms with Crippen molar-refractivity contribution in [3.63, 3.8) is 0 Å².